The van der Waals surface area contributed by atoms with Gasteiger partial charge in [-0.2, -0.15) is 0 Å². The zero-order valence-corrected chi connectivity index (χ0v) is 11.0. The van der Waals surface area contributed by atoms with Gasteiger partial charge in [-0.05, 0) is 27.9 Å². The molecule has 0 rings (SSSR count). The molecule has 1 radical (unpaired) electrons. The fourth-order valence-corrected chi connectivity index (χ4v) is 0.551. The number of hydrogen-bond donors (Lipinski definition) is 4. The van der Waals surface area contributed by atoms with Crippen molar-refractivity contribution in [1.82, 2.24) is 21.7 Å². The fraction of sp³-hybridized carbons (Fsp3) is 0.750. The zero-order chi connectivity index (χ0) is 13.1. The zero-order valence-electron chi connectivity index (χ0n) is 10.1. The molecule has 8 nitrogen and oxygen atoms in total. The standard InChI is InChI=1S/2C4H10N2O2.Cu/c2*1-3(4(7)8)6-5-2;/h2*3,5-6H,1-2H3,(H,7,8);/q;;+2/p-2/t2*3-;/m00./s1. The molecule has 0 saturated carbocycles. The van der Waals surface area contributed by atoms with Crippen LogP contribution in [0, 0.1) is 0 Å². The third-order valence-electron chi connectivity index (χ3n) is 1.43. The van der Waals surface area contributed by atoms with Gasteiger partial charge in [-0.3, -0.25) is 10.9 Å². The molecule has 4 N–H and O–H groups in total. The van der Waals surface area contributed by atoms with Crippen LogP contribution in [0.4, 0.5) is 0 Å². The average Bonchev–Trinajstić information content (AvgIpc) is 2.19. The quantitative estimate of drug-likeness (QED) is 0.286. The topological polar surface area (TPSA) is 128 Å². The van der Waals surface area contributed by atoms with Crippen LogP contribution >= 0.6 is 0 Å². The average molecular weight is 298 g/mol. The van der Waals surface area contributed by atoms with Gasteiger partial charge in [0.15, 0.2) is 0 Å². The Morgan fingerprint density at radius 3 is 1.18 bits per heavy atom. The third kappa shape index (κ3) is 15.3. The molecule has 0 unspecified atom stereocenters. The molecular formula is C8H18CuN4O4. The molecule has 2 atom stereocenters. The fourth-order valence-electron chi connectivity index (χ4n) is 0.551. The Hall–Kier alpha value is -0.701. The summed E-state index contributed by atoms with van der Waals surface area (Å²) in [6.45, 7) is 2.98. The van der Waals surface area contributed by atoms with Crippen molar-refractivity contribution in [2.45, 2.75) is 25.9 Å². The first-order valence-corrected chi connectivity index (χ1v) is 4.63. The first-order chi connectivity index (χ1) is 7.36. The normalized spacial score (nSPS) is 12.5. The molecule has 0 saturated heterocycles. The second kappa shape index (κ2) is 13.4. The number of aliphatic carboxylic acids is 2. The van der Waals surface area contributed by atoms with Crippen molar-refractivity contribution in [3.8, 4) is 0 Å². The van der Waals surface area contributed by atoms with Crippen molar-refractivity contribution in [3.63, 3.8) is 0 Å². The van der Waals surface area contributed by atoms with Crippen molar-refractivity contribution >= 4 is 11.9 Å². The van der Waals surface area contributed by atoms with Gasteiger partial charge < -0.3 is 19.8 Å². The summed E-state index contributed by atoms with van der Waals surface area (Å²) in [4.78, 5) is 19.8. The minimum Gasteiger partial charge on any atom is -0.548 e. The Bertz CT molecular complexity index is 196. The summed E-state index contributed by atoms with van der Waals surface area (Å²) in [5.41, 5.74) is 9.82. The molecule has 0 fully saturated rings. The summed E-state index contributed by atoms with van der Waals surface area (Å²) in [5, 5.41) is 19.8. The van der Waals surface area contributed by atoms with Crippen molar-refractivity contribution < 1.29 is 36.9 Å². The van der Waals surface area contributed by atoms with E-state index in [-0.39, 0.29) is 17.1 Å². The third-order valence-corrected chi connectivity index (χ3v) is 1.43. The maximum atomic E-state index is 9.88. The summed E-state index contributed by atoms with van der Waals surface area (Å²) < 4.78 is 0. The van der Waals surface area contributed by atoms with Gasteiger partial charge in [0.2, 0.25) is 0 Å². The van der Waals surface area contributed by atoms with Crippen molar-refractivity contribution in [2.75, 3.05) is 14.1 Å². The van der Waals surface area contributed by atoms with Crippen LogP contribution in [0.5, 0.6) is 0 Å². The van der Waals surface area contributed by atoms with E-state index in [1.807, 2.05) is 0 Å². The van der Waals surface area contributed by atoms with Crippen LogP contribution in [0.25, 0.3) is 0 Å². The molecule has 0 aliphatic rings. The smallest absolute Gasteiger partial charge is 0.548 e. The van der Waals surface area contributed by atoms with E-state index in [1.54, 1.807) is 14.1 Å². The molecule has 17 heavy (non-hydrogen) atoms. The van der Waals surface area contributed by atoms with E-state index in [2.05, 4.69) is 21.7 Å². The SMILES string of the molecule is CNN[C@@H](C)C(=O)[O-].CNN[C@@H](C)C(=O)[O-].[Cu+2]. The number of carbonyl (C=O) groups excluding carboxylic acids is 2. The Kier molecular flexibility index (Phi) is 17.0. The van der Waals surface area contributed by atoms with Crippen molar-refractivity contribution in [2.24, 2.45) is 0 Å². The van der Waals surface area contributed by atoms with Crippen molar-refractivity contribution in [3.05, 3.63) is 0 Å². The Labute approximate surface area is 111 Å². The first kappa shape index (κ1) is 21.6. The van der Waals surface area contributed by atoms with Crippen LogP contribution < -0.4 is 31.9 Å². The molecular weight excluding hydrogens is 280 g/mol. The van der Waals surface area contributed by atoms with Crippen molar-refractivity contribution in [1.29, 1.82) is 0 Å². The monoisotopic (exact) mass is 297 g/mol. The van der Waals surface area contributed by atoms with E-state index in [0.29, 0.717) is 0 Å². The van der Waals surface area contributed by atoms with Crippen LogP contribution in [-0.2, 0) is 26.7 Å². The van der Waals surface area contributed by atoms with Gasteiger partial charge in [-0.15, -0.1) is 0 Å². The van der Waals surface area contributed by atoms with Gasteiger partial charge in [0.25, 0.3) is 0 Å². The molecule has 0 aromatic carbocycles. The van der Waals surface area contributed by atoms with E-state index in [0.717, 1.165) is 0 Å². The molecule has 0 bridgehead atoms. The summed E-state index contributed by atoms with van der Waals surface area (Å²) in [6, 6.07) is -1.28. The first-order valence-electron chi connectivity index (χ1n) is 4.63. The van der Waals surface area contributed by atoms with Gasteiger partial charge in [-0.25, -0.2) is 10.9 Å². The minimum absolute atomic E-state index is 0. The summed E-state index contributed by atoms with van der Waals surface area (Å²) in [5.74, 6) is -2.22. The van der Waals surface area contributed by atoms with Gasteiger partial charge >= 0.3 is 17.1 Å². The maximum absolute atomic E-state index is 9.88. The molecule has 0 aromatic rings. The molecule has 0 heterocycles. The number of carbonyl (C=O) groups is 2. The number of hydrogen-bond acceptors (Lipinski definition) is 8. The maximum Gasteiger partial charge on any atom is 2.00 e. The van der Waals surface area contributed by atoms with E-state index in [9.17, 15) is 19.8 Å². The molecule has 0 amide bonds. The van der Waals surface area contributed by atoms with E-state index in [4.69, 9.17) is 0 Å². The van der Waals surface area contributed by atoms with Gasteiger partial charge in [-0.1, -0.05) is 0 Å². The summed E-state index contributed by atoms with van der Waals surface area (Å²) in [6.07, 6.45) is 0. The summed E-state index contributed by atoms with van der Waals surface area (Å²) in [7, 11) is 3.19. The number of carboxylic acid groups (broad SMARTS) is 2. The Morgan fingerprint density at radius 2 is 1.12 bits per heavy atom. The largest absolute Gasteiger partial charge is 2.00 e. The number of hydrazine groups is 2. The summed E-state index contributed by atoms with van der Waals surface area (Å²) >= 11 is 0. The second-order valence-electron chi connectivity index (χ2n) is 2.87. The predicted molar refractivity (Wildman–Crippen MR) is 53.3 cm³/mol. The molecule has 0 aliphatic carbocycles. The molecule has 9 heteroatoms. The predicted octanol–water partition coefficient (Wildman–Crippen LogP) is -4.30. The van der Waals surface area contributed by atoms with Gasteiger partial charge in [0, 0.05) is 0 Å². The van der Waals surface area contributed by atoms with E-state index < -0.39 is 24.0 Å². The van der Waals surface area contributed by atoms with Crippen LogP contribution in [0.1, 0.15) is 13.8 Å². The van der Waals surface area contributed by atoms with Gasteiger partial charge in [0.1, 0.15) is 0 Å². The van der Waals surface area contributed by atoms with Crippen LogP contribution in [0.3, 0.4) is 0 Å². The van der Waals surface area contributed by atoms with Crippen LogP contribution in [-0.4, -0.2) is 38.1 Å². The molecule has 0 aromatic heterocycles. The second-order valence-corrected chi connectivity index (χ2v) is 2.87. The molecule has 0 spiro atoms. The number of rotatable bonds is 6. The minimum atomic E-state index is -1.11. The molecule has 105 valence electrons. The van der Waals surface area contributed by atoms with Crippen LogP contribution in [0.2, 0.25) is 0 Å². The molecule has 0 aliphatic heterocycles. The Balaban J connectivity index is -0.000000218. The Morgan fingerprint density at radius 1 is 0.882 bits per heavy atom. The van der Waals surface area contributed by atoms with E-state index >= 15 is 0 Å². The van der Waals surface area contributed by atoms with E-state index in [1.165, 1.54) is 13.8 Å². The van der Waals surface area contributed by atoms with Crippen LogP contribution in [0.15, 0.2) is 0 Å². The van der Waals surface area contributed by atoms with Gasteiger partial charge in [0.05, 0.1) is 24.0 Å². The number of carboxylic acids is 2. The number of nitrogens with one attached hydrogen (secondary N) is 4.